The Labute approximate surface area is 214 Å². The van der Waals surface area contributed by atoms with Crippen molar-refractivity contribution in [2.45, 2.75) is 57.5 Å². The van der Waals surface area contributed by atoms with Gasteiger partial charge < -0.3 is 15.3 Å². The Hall–Kier alpha value is -2.62. The van der Waals surface area contributed by atoms with E-state index >= 15 is 0 Å². The molecule has 1 aromatic carbocycles. The molecule has 10 heteroatoms. The minimum Gasteiger partial charge on any atom is -0.390 e. The summed E-state index contributed by atoms with van der Waals surface area (Å²) in [6.45, 7) is 6.85. The first-order chi connectivity index (χ1) is 17.0. The summed E-state index contributed by atoms with van der Waals surface area (Å²) in [7, 11) is 1.53. The van der Waals surface area contributed by atoms with Gasteiger partial charge in [0.15, 0.2) is 5.82 Å². The third-order valence-electron chi connectivity index (χ3n) is 7.07. The average Bonchev–Trinajstić information content (AvgIpc) is 2.87. The van der Waals surface area contributed by atoms with Crippen molar-refractivity contribution in [2.24, 2.45) is 7.05 Å². The van der Waals surface area contributed by atoms with Crippen LogP contribution in [0, 0.1) is 0 Å². The topological polar surface area (TPSA) is 83.3 Å². The first-order valence-corrected chi connectivity index (χ1v) is 12.6. The molecular weight excluding hydrogens is 488 g/mol. The number of aliphatic hydroxyl groups excluding tert-OH is 1. The number of aromatic nitrogens is 3. The molecule has 194 valence electrons. The van der Waals surface area contributed by atoms with Gasteiger partial charge in [-0.3, -0.25) is 4.79 Å². The van der Waals surface area contributed by atoms with Gasteiger partial charge in [0, 0.05) is 18.7 Å². The summed E-state index contributed by atoms with van der Waals surface area (Å²) < 4.78 is 29.3. The number of piperidine rings is 1. The van der Waals surface area contributed by atoms with Crippen LogP contribution in [0.3, 0.4) is 0 Å². The van der Waals surface area contributed by atoms with E-state index in [0.29, 0.717) is 28.0 Å². The molecule has 1 atom stereocenters. The summed E-state index contributed by atoms with van der Waals surface area (Å²) in [5, 5.41) is 17.6. The number of hydrogen-bond donors (Lipinski definition) is 2. The highest BCUT2D eigenvalue weighted by Gasteiger charge is 2.31. The number of halogens is 3. The third kappa shape index (κ3) is 5.23. The predicted octanol–water partition coefficient (Wildman–Crippen LogP) is 4.83. The van der Waals surface area contributed by atoms with E-state index in [-0.39, 0.29) is 22.6 Å². The molecule has 2 N–H and O–H groups in total. The van der Waals surface area contributed by atoms with Crippen molar-refractivity contribution in [3.63, 3.8) is 0 Å². The molecule has 0 radical (unpaired) electrons. The van der Waals surface area contributed by atoms with Gasteiger partial charge in [-0.25, -0.2) is 9.67 Å². The van der Waals surface area contributed by atoms with E-state index in [2.05, 4.69) is 34.1 Å². The number of alkyl halides is 2. The normalized spacial score (nSPS) is 16.6. The summed E-state index contributed by atoms with van der Waals surface area (Å²) in [5.74, 6) is -2.70. The first-order valence-electron chi connectivity index (χ1n) is 12.2. The van der Waals surface area contributed by atoms with Gasteiger partial charge in [0.05, 0.1) is 11.4 Å². The molecule has 3 heterocycles. The van der Waals surface area contributed by atoms with Crippen LogP contribution in [0.1, 0.15) is 62.3 Å². The molecule has 0 unspecified atom stereocenters. The Balaban J connectivity index is 1.70. The van der Waals surface area contributed by atoms with Gasteiger partial charge >= 0.3 is 0 Å². The fraction of sp³-hybridized carbons (Fsp3) is 0.500. The largest absolute Gasteiger partial charge is 0.390 e. The lowest BCUT2D eigenvalue weighted by Crippen LogP contribution is -2.37. The number of aryl methyl sites for hydroxylation is 1. The van der Waals surface area contributed by atoms with Gasteiger partial charge in [-0.05, 0) is 75.9 Å². The van der Waals surface area contributed by atoms with Crippen molar-refractivity contribution in [1.29, 1.82) is 0 Å². The van der Waals surface area contributed by atoms with Crippen molar-refractivity contribution in [3.8, 4) is 0 Å². The smallest absolute Gasteiger partial charge is 0.295 e. The zero-order valence-electron chi connectivity index (χ0n) is 20.9. The molecule has 4 rings (SSSR count). The second kappa shape index (κ2) is 10.4. The lowest BCUT2D eigenvalue weighted by molar-refractivity contribution is -0.0556. The number of pyridine rings is 1. The van der Waals surface area contributed by atoms with Gasteiger partial charge in [-0.1, -0.05) is 29.8 Å². The Kier molecular flexibility index (Phi) is 7.64. The van der Waals surface area contributed by atoms with Gasteiger partial charge in [0.1, 0.15) is 17.3 Å². The molecule has 1 aliphatic heterocycles. The number of benzene rings is 1. The molecule has 0 saturated carbocycles. The number of nitrogens with zero attached hydrogens (tertiary/aromatic N) is 4. The summed E-state index contributed by atoms with van der Waals surface area (Å²) in [5.41, 5.74) is 1.06. The highest BCUT2D eigenvalue weighted by atomic mass is 35.5. The number of anilines is 1. The van der Waals surface area contributed by atoms with Crippen LogP contribution in [0.15, 0.2) is 35.1 Å². The Morgan fingerprint density at radius 2 is 1.92 bits per heavy atom. The zero-order valence-corrected chi connectivity index (χ0v) is 21.7. The fourth-order valence-electron chi connectivity index (χ4n) is 4.79. The number of nitrogens with one attached hydrogen (secondary N) is 1. The number of aliphatic hydroxyl groups is 1. The number of rotatable bonds is 7. The molecule has 1 saturated heterocycles. The number of likely N-dealkylation sites (tertiary alicyclic amines) is 1. The molecule has 3 aromatic rings. The van der Waals surface area contributed by atoms with E-state index in [1.54, 1.807) is 6.07 Å². The van der Waals surface area contributed by atoms with Gasteiger partial charge in [-0.2, -0.15) is 13.9 Å². The maximum atomic E-state index is 14.0. The monoisotopic (exact) mass is 519 g/mol. The first kappa shape index (κ1) is 26.4. The summed E-state index contributed by atoms with van der Waals surface area (Å²) in [4.78, 5) is 19.7. The Morgan fingerprint density at radius 3 is 2.56 bits per heavy atom. The molecule has 2 aromatic heterocycles. The Bertz CT molecular complexity index is 1310. The maximum Gasteiger partial charge on any atom is 0.295 e. The van der Waals surface area contributed by atoms with Crippen LogP contribution in [-0.2, 0) is 13.0 Å². The van der Waals surface area contributed by atoms with Crippen molar-refractivity contribution >= 4 is 28.3 Å². The molecule has 0 aliphatic carbocycles. The van der Waals surface area contributed by atoms with E-state index in [9.17, 15) is 13.6 Å². The Morgan fingerprint density at radius 1 is 1.22 bits per heavy atom. The molecular formula is C26H32ClF2N5O2. The predicted molar refractivity (Wildman–Crippen MR) is 138 cm³/mol. The van der Waals surface area contributed by atoms with E-state index in [1.807, 2.05) is 13.0 Å². The number of hydrogen-bond acceptors (Lipinski definition) is 6. The summed E-state index contributed by atoms with van der Waals surface area (Å²) in [6, 6.07) is 7.87. The third-order valence-corrected chi connectivity index (χ3v) is 7.37. The van der Waals surface area contributed by atoms with Crippen LogP contribution in [0.25, 0.3) is 10.9 Å². The summed E-state index contributed by atoms with van der Waals surface area (Å²) in [6.07, 6.45) is 1.88. The molecule has 0 spiro atoms. The zero-order chi connectivity index (χ0) is 26.2. The maximum absolute atomic E-state index is 14.0. The molecule has 1 fully saturated rings. The van der Waals surface area contributed by atoms with Crippen molar-refractivity contribution < 1.29 is 13.9 Å². The van der Waals surface area contributed by atoms with Gasteiger partial charge in [-0.15, -0.1) is 0 Å². The SMILES string of the molecule is CC(C)N1CCC(c2cc3c(N[C@H](C)c4cccc(C(F)(F)CO)c4)nn(C)c(=O)c3nc2Cl)CC1. The van der Waals surface area contributed by atoms with Crippen LogP contribution in [0.2, 0.25) is 5.15 Å². The van der Waals surface area contributed by atoms with Crippen LogP contribution in [0.4, 0.5) is 14.6 Å². The van der Waals surface area contributed by atoms with E-state index in [0.717, 1.165) is 31.5 Å². The molecule has 7 nitrogen and oxygen atoms in total. The van der Waals surface area contributed by atoms with E-state index < -0.39 is 18.6 Å². The van der Waals surface area contributed by atoms with Crippen LogP contribution < -0.4 is 10.9 Å². The number of fused-ring (bicyclic) bond motifs is 1. The fourth-order valence-corrected chi connectivity index (χ4v) is 5.08. The van der Waals surface area contributed by atoms with Crippen molar-refractivity contribution in [3.05, 3.63) is 62.5 Å². The second-order valence-corrected chi connectivity index (χ2v) is 10.2. The van der Waals surface area contributed by atoms with E-state index in [1.165, 1.54) is 29.9 Å². The van der Waals surface area contributed by atoms with Crippen LogP contribution in [0.5, 0.6) is 0 Å². The minimum atomic E-state index is -3.34. The highest BCUT2D eigenvalue weighted by molar-refractivity contribution is 6.30. The van der Waals surface area contributed by atoms with Crippen molar-refractivity contribution in [1.82, 2.24) is 19.7 Å². The standard InChI is InChI=1S/C26H32ClF2N5O2/c1-15(2)34-10-8-17(9-11-34)20-13-21-22(31-23(20)27)25(36)33(4)32-24(21)30-16(3)18-6-5-7-19(12-18)26(28,29)14-35/h5-7,12-13,15-17,35H,8-11,14H2,1-4H3,(H,30,32)/t16-/m1/s1. The lowest BCUT2D eigenvalue weighted by atomic mass is 9.89. The molecule has 0 amide bonds. The average molecular weight is 520 g/mol. The minimum absolute atomic E-state index is 0.205. The molecule has 36 heavy (non-hydrogen) atoms. The highest BCUT2D eigenvalue weighted by Crippen LogP contribution is 2.36. The molecule has 1 aliphatic rings. The van der Waals surface area contributed by atoms with Crippen molar-refractivity contribution in [2.75, 3.05) is 25.0 Å². The van der Waals surface area contributed by atoms with Gasteiger partial charge in [0.25, 0.3) is 11.5 Å². The van der Waals surface area contributed by atoms with Crippen LogP contribution >= 0.6 is 11.6 Å². The summed E-state index contributed by atoms with van der Waals surface area (Å²) >= 11 is 6.58. The van der Waals surface area contributed by atoms with Gasteiger partial charge in [0.2, 0.25) is 0 Å². The molecule has 0 bridgehead atoms. The lowest BCUT2D eigenvalue weighted by Gasteiger charge is -2.35. The second-order valence-electron chi connectivity index (χ2n) is 9.80. The quantitative estimate of drug-likeness (QED) is 0.435. The van der Waals surface area contributed by atoms with E-state index in [4.69, 9.17) is 16.7 Å². The van der Waals surface area contributed by atoms with Crippen LogP contribution in [-0.4, -0.2) is 50.5 Å².